The molecular weight excluding hydrogens is 526 g/mol. The molecule has 6 nitrogen and oxygen atoms in total. The Kier molecular flexibility index (Phi) is 8.39. The largest absolute Gasteiger partial charge is 0.490 e. The summed E-state index contributed by atoms with van der Waals surface area (Å²) in [6, 6.07) is 14.2. The van der Waals surface area contributed by atoms with Gasteiger partial charge in [0.2, 0.25) is 0 Å². The van der Waals surface area contributed by atoms with Crippen LogP contribution in [0.2, 0.25) is 0 Å². The normalized spacial score (nSPS) is 20.0. The zero-order chi connectivity index (χ0) is 30.2. The first-order valence-electron chi connectivity index (χ1n) is 15.2. The number of hydrogen-bond donors (Lipinski definition) is 0. The van der Waals surface area contributed by atoms with E-state index < -0.39 is 5.92 Å². The van der Waals surface area contributed by atoms with E-state index in [0.29, 0.717) is 50.7 Å². The second-order valence-electron chi connectivity index (χ2n) is 13.6. The molecule has 2 aromatic rings. The van der Waals surface area contributed by atoms with Crippen molar-refractivity contribution in [2.75, 3.05) is 26.9 Å². The SMILES string of the molecule is CCOc1cc(C2C3=C(CC(C)(C)CC3=O)N(CCOC)C3=C2C(=O)CC(C)(C)C3)ccc1OCc1ccc(C)cc1. The highest BCUT2D eigenvalue weighted by Crippen LogP contribution is 2.54. The molecule has 0 fully saturated rings. The average molecular weight is 572 g/mol. The molecule has 0 bridgehead atoms. The van der Waals surface area contributed by atoms with Gasteiger partial charge in [-0.3, -0.25) is 9.59 Å². The van der Waals surface area contributed by atoms with E-state index in [1.165, 1.54) is 5.56 Å². The number of hydrogen-bond acceptors (Lipinski definition) is 6. The number of Topliss-reactive ketones (excluding diaryl/α,β-unsaturated/α-hetero) is 2. The zero-order valence-electron chi connectivity index (χ0n) is 26.3. The van der Waals surface area contributed by atoms with Crippen LogP contribution in [-0.2, 0) is 20.9 Å². The van der Waals surface area contributed by atoms with Gasteiger partial charge in [0.1, 0.15) is 6.61 Å². The lowest BCUT2D eigenvalue weighted by Gasteiger charge is -2.49. The fourth-order valence-corrected chi connectivity index (χ4v) is 6.77. The Bertz CT molecular complexity index is 1380. The lowest BCUT2D eigenvalue weighted by Crippen LogP contribution is -2.45. The number of ether oxygens (including phenoxy) is 3. The van der Waals surface area contributed by atoms with E-state index in [-0.39, 0.29) is 22.4 Å². The number of carbonyl (C=O) groups excluding carboxylic acids is 2. The molecule has 2 aliphatic carbocycles. The zero-order valence-corrected chi connectivity index (χ0v) is 26.3. The van der Waals surface area contributed by atoms with E-state index in [1.54, 1.807) is 7.11 Å². The summed E-state index contributed by atoms with van der Waals surface area (Å²) in [4.78, 5) is 30.3. The van der Waals surface area contributed by atoms with Gasteiger partial charge in [-0.05, 0) is 60.8 Å². The summed E-state index contributed by atoms with van der Waals surface area (Å²) in [5.41, 5.74) is 6.45. The summed E-state index contributed by atoms with van der Waals surface area (Å²) in [7, 11) is 1.70. The van der Waals surface area contributed by atoms with Gasteiger partial charge in [0.05, 0.1) is 13.2 Å². The summed E-state index contributed by atoms with van der Waals surface area (Å²) < 4.78 is 17.8. The quantitative estimate of drug-likeness (QED) is 0.315. The number of carbonyl (C=O) groups is 2. The Labute approximate surface area is 250 Å². The summed E-state index contributed by atoms with van der Waals surface area (Å²) >= 11 is 0. The molecule has 3 aliphatic rings. The van der Waals surface area contributed by atoms with Gasteiger partial charge < -0.3 is 19.1 Å². The average Bonchev–Trinajstić information content (AvgIpc) is 2.90. The van der Waals surface area contributed by atoms with Gasteiger partial charge >= 0.3 is 0 Å². The van der Waals surface area contributed by atoms with Crippen LogP contribution in [0.15, 0.2) is 65.0 Å². The van der Waals surface area contributed by atoms with E-state index in [2.05, 4.69) is 63.8 Å². The molecule has 1 aliphatic heterocycles. The van der Waals surface area contributed by atoms with Crippen LogP contribution in [0.3, 0.4) is 0 Å². The van der Waals surface area contributed by atoms with Crippen LogP contribution in [-0.4, -0.2) is 43.3 Å². The number of rotatable bonds is 9. The van der Waals surface area contributed by atoms with Crippen molar-refractivity contribution < 1.29 is 23.8 Å². The third-order valence-corrected chi connectivity index (χ3v) is 8.66. The van der Waals surface area contributed by atoms with Gasteiger partial charge in [-0.2, -0.15) is 0 Å². The molecule has 224 valence electrons. The highest BCUT2D eigenvalue weighted by Gasteiger charge is 2.49. The molecule has 0 saturated heterocycles. The summed E-state index contributed by atoms with van der Waals surface area (Å²) in [6.45, 7) is 14.7. The number of ketones is 2. The minimum absolute atomic E-state index is 0.121. The lowest BCUT2D eigenvalue weighted by molar-refractivity contribution is -0.119. The van der Waals surface area contributed by atoms with Crippen molar-refractivity contribution in [3.05, 3.63) is 81.7 Å². The topological polar surface area (TPSA) is 65.1 Å². The van der Waals surface area contributed by atoms with Crippen LogP contribution in [0.25, 0.3) is 0 Å². The van der Waals surface area contributed by atoms with Crippen LogP contribution >= 0.6 is 0 Å². The van der Waals surface area contributed by atoms with E-state index in [9.17, 15) is 9.59 Å². The highest BCUT2D eigenvalue weighted by atomic mass is 16.5. The molecule has 0 saturated carbocycles. The Morgan fingerprint density at radius 3 is 1.95 bits per heavy atom. The molecule has 0 aromatic heterocycles. The third kappa shape index (κ3) is 6.05. The first kappa shape index (κ1) is 30.1. The van der Waals surface area contributed by atoms with E-state index in [1.807, 2.05) is 25.1 Å². The molecule has 2 aromatic carbocycles. The van der Waals surface area contributed by atoms with E-state index in [0.717, 1.165) is 46.5 Å². The molecular formula is C36H45NO5. The van der Waals surface area contributed by atoms with Crippen LogP contribution in [0, 0.1) is 17.8 Å². The Morgan fingerprint density at radius 1 is 0.810 bits per heavy atom. The molecule has 6 heteroatoms. The summed E-state index contributed by atoms with van der Waals surface area (Å²) in [5.74, 6) is 1.09. The maximum Gasteiger partial charge on any atom is 0.162 e. The maximum atomic E-state index is 14.0. The molecule has 0 atom stereocenters. The first-order valence-corrected chi connectivity index (χ1v) is 15.2. The van der Waals surface area contributed by atoms with Crippen molar-refractivity contribution >= 4 is 11.6 Å². The van der Waals surface area contributed by atoms with Gasteiger partial charge in [-0.25, -0.2) is 0 Å². The van der Waals surface area contributed by atoms with Crippen LogP contribution in [0.5, 0.6) is 11.5 Å². The molecule has 0 spiro atoms. The maximum absolute atomic E-state index is 14.0. The smallest absolute Gasteiger partial charge is 0.162 e. The first-order chi connectivity index (χ1) is 19.9. The molecule has 42 heavy (non-hydrogen) atoms. The van der Waals surface area contributed by atoms with Crippen LogP contribution in [0.1, 0.15) is 82.9 Å². The molecule has 0 unspecified atom stereocenters. The monoisotopic (exact) mass is 571 g/mol. The Morgan fingerprint density at radius 2 is 1.40 bits per heavy atom. The Hall–Kier alpha value is -3.38. The van der Waals surface area contributed by atoms with Crippen molar-refractivity contribution in [3.63, 3.8) is 0 Å². The second kappa shape index (κ2) is 11.7. The number of nitrogens with zero attached hydrogens (tertiary/aromatic N) is 1. The van der Waals surface area contributed by atoms with Crippen LogP contribution in [0.4, 0.5) is 0 Å². The molecule has 0 amide bonds. The van der Waals surface area contributed by atoms with Gasteiger partial charge in [-0.15, -0.1) is 0 Å². The van der Waals surface area contributed by atoms with Crippen molar-refractivity contribution in [2.24, 2.45) is 10.8 Å². The number of benzene rings is 2. The minimum atomic E-state index is -0.425. The third-order valence-electron chi connectivity index (χ3n) is 8.66. The summed E-state index contributed by atoms with van der Waals surface area (Å²) in [6.07, 6.45) is 2.46. The van der Waals surface area contributed by atoms with Crippen molar-refractivity contribution in [2.45, 2.75) is 79.8 Å². The molecule has 1 heterocycles. The van der Waals surface area contributed by atoms with Gasteiger partial charge in [-0.1, -0.05) is 63.6 Å². The lowest BCUT2D eigenvalue weighted by atomic mass is 9.63. The van der Waals surface area contributed by atoms with Gasteiger partial charge in [0, 0.05) is 55.0 Å². The minimum Gasteiger partial charge on any atom is -0.490 e. The molecule has 5 rings (SSSR count). The van der Waals surface area contributed by atoms with Crippen LogP contribution < -0.4 is 9.47 Å². The Balaban J connectivity index is 1.62. The molecule has 0 radical (unpaired) electrons. The number of allylic oxidation sites excluding steroid dienone is 4. The van der Waals surface area contributed by atoms with Gasteiger partial charge in [0.15, 0.2) is 23.1 Å². The van der Waals surface area contributed by atoms with E-state index >= 15 is 0 Å². The molecule has 0 N–H and O–H groups in total. The second-order valence-corrected chi connectivity index (χ2v) is 13.6. The predicted octanol–water partition coefficient (Wildman–Crippen LogP) is 7.30. The van der Waals surface area contributed by atoms with Crippen molar-refractivity contribution in [3.8, 4) is 11.5 Å². The highest BCUT2D eigenvalue weighted by molar-refractivity contribution is 6.06. The number of methoxy groups -OCH3 is 1. The van der Waals surface area contributed by atoms with Gasteiger partial charge in [0.25, 0.3) is 0 Å². The van der Waals surface area contributed by atoms with E-state index in [4.69, 9.17) is 14.2 Å². The number of aryl methyl sites for hydroxylation is 1. The fourth-order valence-electron chi connectivity index (χ4n) is 6.77. The standard InChI is InChI=1S/C36H45NO5/c1-8-41-31-17-25(13-14-30(31)42-22-24-11-9-23(2)10-12-24)32-33-26(18-35(3,4)20-28(33)38)37(15-16-40-7)27-19-36(5,6)21-29(39)34(27)32/h9-14,17,32H,8,15-16,18-22H2,1-7H3. The van der Waals surface area contributed by atoms with Crippen molar-refractivity contribution in [1.82, 2.24) is 4.90 Å². The summed E-state index contributed by atoms with van der Waals surface area (Å²) in [5, 5.41) is 0. The predicted molar refractivity (Wildman–Crippen MR) is 165 cm³/mol. The van der Waals surface area contributed by atoms with Crippen molar-refractivity contribution in [1.29, 1.82) is 0 Å². The fraction of sp³-hybridized carbons (Fsp3) is 0.500.